The molecule has 0 aliphatic carbocycles. The van der Waals surface area contributed by atoms with Crippen LogP contribution in [0.4, 0.5) is 11.5 Å². The normalized spacial score (nSPS) is 13.8. The molecule has 25 heavy (non-hydrogen) atoms. The Kier molecular flexibility index (Phi) is 4.16. The molecule has 6 nitrogen and oxygen atoms in total. The van der Waals surface area contributed by atoms with E-state index < -0.39 is 0 Å². The molecule has 1 aliphatic rings. The molecule has 1 amide bonds. The van der Waals surface area contributed by atoms with Crippen LogP contribution in [0.3, 0.4) is 0 Å². The van der Waals surface area contributed by atoms with Crippen LogP contribution in [-0.4, -0.2) is 33.5 Å². The van der Waals surface area contributed by atoms with Crippen molar-refractivity contribution >= 4 is 17.4 Å². The molecule has 1 N–H and O–H groups in total. The summed E-state index contributed by atoms with van der Waals surface area (Å²) in [7, 11) is 0. The first kappa shape index (κ1) is 15.4. The maximum absolute atomic E-state index is 12.5. The van der Waals surface area contributed by atoms with Crippen LogP contribution >= 0.6 is 0 Å². The number of rotatable bonds is 4. The molecule has 4 rings (SSSR count). The lowest BCUT2D eigenvalue weighted by Gasteiger charge is -2.17. The van der Waals surface area contributed by atoms with Gasteiger partial charge in [-0.05, 0) is 43.2 Å². The number of aromatic nitrogens is 3. The lowest BCUT2D eigenvalue weighted by Crippen LogP contribution is -2.18. The Bertz CT molecular complexity index is 852. The average Bonchev–Trinajstić information content (AvgIpc) is 3.36. The van der Waals surface area contributed by atoms with Gasteiger partial charge in [0, 0.05) is 36.7 Å². The van der Waals surface area contributed by atoms with Gasteiger partial charge in [-0.3, -0.25) is 4.79 Å². The summed E-state index contributed by atoms with van der Waals surface area (Å²) >= 11 is 0. The van der Waals surface area contributed by atoms with E-state index in [-0.39, 0.29) is 5.91 Å². The molecule has 2 aromatic heterocycles. The van der Waals surface area contributed by atoms with Gasteiger partial charge in [0.05, 0.1) is 18.2 Å². The van der Waals surface area contributed by atoms with Crippen molar-refractivity contribution in [2.24, 2.45) is 0 Å². The van der Waals surface area contributed by atoms with Crippen LogP contribution in [0, 0.1) is 0 Å². The van der Waals surface area contributed by atoms with E-state index in [9.17, 15) is 4.79 Å². The Morgan fingerprint density at radius 3 is 2.68 bits per heavy atom. The molecule has 0 atom stereocenters. The van der Waals surface area contributed by atoms with Gasteiger partial charge in [0.2, 0.25) is 0 Å². The van der Waals surface area contributed by atoms with Crippen LogP contribution in [-0.2, 0) is 0 Å². The van der Waals surface area contributed by atoms with E-state index in [1.807, 2.05) is 47.3 Å². The highest BCUT2D eigenvalue weighted by atomic mass is 16.1. The fourth-order valence-electron chi connectivity index (χ4n) is 3.03. The highest BCUT2D eigenvalue weighted by Crippen LogP contribution is 2.20. The zero-order valence-corrected chi connectivity index (χ0v) is 13.8. The molecule has 0 unspecified atom stereocenters. The van der Waals surface area contributed by atoms with Gasteiger partial charge in [-0.15, -0.1) is 0 Å². The predicted octanol–water partition coefficient (Wildman–Crippen LogP) is 3.12. The number of hydrogen-bond acceptors (Lipinski definition) is 4. The number of hydrogen-bond donors (Lipinski definition) is 1. The van der Waals surface area contributed by atoms with Gasteiger partial charge < -0.3 is 14.8 Å². The molecule has 126 valence electrons. The average molecular weight is 333 g/mol. The molecule has 0 spiro atoms. The van der Waals surface area contributed by atoms with Gasteiger partial charge in [-0.25, -0.2) is 9.97 Å². The summed E-state index contributed by atoms with van der Waals surface area (Å²) in [5, 5.41) is 2.86. The maximum atomic E-state index is 12.5. The molecular weight excluding hydrogens is 314 g/mol. The van der Waals surface area contributed by atoms with Gasteiger partial charge in [0.15, 0.2) is 0 Å². The van der Waals surface area contributed by atoms with Crippen LogP contribution in [0.1, 0.15) is 23.2 Å². The summed E-state index contributed by atoms with van der Waals surface area (Å²) < 4.78 is 1.86. The van der Waals surface area contributed by atoms with Gasteiger partial charge in [-0.1, -0.05) is 6.07 Å². The molecule has 3 aromatic rings. The van der Waals surface area contributed by atoms with E-state index >= 15 is 0 Å². The van der Waals surface area contributed by atoms with Gasteiger partial charge in [0.1, 0.15) is 5.82 Å². The van der Waals surface area contributed by atoms with Gasteiger partial charge in [0.25, 0.3) is 5.91 Å². The number of anilines is 2. The molecule has 1 aliphatic heterocycles. The molecule has 1 fully saturated rings. The quantitative estimate of drug-likeness (QED) is 0.797. The highest BCUT2D eigenvalue weighted by molar-refractivity contribution is 6.04. The molecule has 0 saturated carbocycles. The van der Waals surface area contributed by atoms with Crippen molar-refractivity contribution in [3.63, 3.8) is 0 Å². The summed E-state index contributed by atoms with van der Waals surface area (Å²) in [4.78, 5) is 23.2. The number of nitrogens with zero attached hydrogens (tertiary/aromatic N) is 4. The second-order valence-corrected chi connectivity index (χ2v) is 6.07. The van der Waals surface area contributed by atoms with E-state index in [0.29, 0.717) is 11.4 Å². The van der Waals surface area contributed by atoms with Crippen LogP contribution in [0.2, 0.25) is 0 Å². The lowest BCUT2D eigenvalue weighted by molar-refractivity contribution is 0.102. The molecule has 1 aromatic carbocycles. The van der Waals surface area contributed by atoms with Crippen molar-refractivity contribution in [2.75, 3.05) is 23.3 Å². The Balaban J connectivity index is 1.47. The lowest BCUT2D eigenvalue weighted by atomic mass is 10.2. The largest absolute Gasteiger partial charge is 0.370 e. The van der Waals surface area contributed by atoms with Crippen molar-refractivity contribution in [3.8, 4) is 5.69 Å². The number of carbonyl (C=O) groups excluding carboxylic acids is 1. The summed E-state index contributed by atoms with van der Waals surface area (Å²) in [5.41, 5.74) is 2.58. The monoisotopic (exact) mass is 333 g/mol. The SMILES string of the molecule is O=C(Nc1ccc(N2CCCC2)cn1)c1cccc(-n2ccnc2)c1. The van der Waals surface area contributed by atoms with Crippen molar-refractivity contribution < 1.29 is 4.79 Å². The first-order valence-corrected chi connectivity index (χ1v) is 8.40. The van der Waals surface area contributed by atoms with Crippen molar-refractivity contribution in [1.82, 2.24) is 14.5 Å². The van der Waals surface area contributed by atoms with Crippen molar-refractivity contribution in [3.05, 3.63) is 66.9 Å². The summed E-state index contributed by atoms with van der Waals surface area (Å²) in [6.45, 7) is 2.16. The van der Waals surface area contributed by atoms with Crippen LogP contribution < -0.4 is 10.2 Å². The van der Waals surface area contributed by atoms with Crippen molar-refractivity contribution in [1.29, 1.82) is 0 Å². The first-order valence-electron chi connectivity index (χ1n) is 8.40. The number of nitrogens with one attached hydrogen (secondary N) is 1. The number of benzene rings is 1. The first-order chi connectivity index (χ1) is 12.3. The summed E-state index contributed by atoms with van der Waals surface area (Å²) in [6.07, 6.45) is 9.53. The van der Waals surface area contributed by atoms with Gasteiger partial charge in [-0.2, -0.15) is 0 Å². The third kappa shape index (κ3) is 3.38. The number of amides is 1. The van der Waals surface area contributed by atoms with Crippen molar-refractivity contribution in [2.45, 2.75) is 12.8 Å². The fourth-order valence-corrected chi connectivity index (χ4v) is 3.03. The fraction of sp³-hybridized carbons (Fsp3) is 0.211. The van der Waals surface area contributed by atoms with E-state index in [0.717, 1.165) is 24.5 Å². The smallest absolute Gasteiger partial charge is 0.256 e. The second-order valence-electron chi connectivity index (χ2n) is 6.07. The number of carbonyl (C=O) groups is 1. The van der Waals surface area contributed by atoms with E-state index in [4.69, 9.17) is 0 Å². The van der Waals surface area contributed by atoms with E-state index in [2.05, 4.69) is 20.2 Å². The number of imidazole rings is 1. The number of pyridine rings is 1. The molecule has 0 bridgehead atoms. The second kappa shape index (κ2) is 6.76. The van der Waals surface area contributed by atoms with Crippen LogP contribution in [0.25, 0.3) is 5.69 Å². The van der Waals surface area contributed by atoms with Crippen LogP contribution in [0.5, 0.6) is 0 Å². The highest BCUT2D eigenvalue weighted by Gasteiger charge is 2.13. The Morgan fingerprint density at radius 1 is 1.08 bits per heavy atom. The standard InChI is InChI=1S/C19H19N5O/c25-19(15-4-3-5-16(12-15)24-11-8-20-14-24)22-18-7-6-17(13-21-18)23-9-1-2-10-23/h3-8,11-14H,1-2,9-10H2,(H,21,22,25). The molecular formula is C19H19N5O. The topological polar surface area (TPSA) is 63.1 Å². The van der Waals surface area contributed by atoms with Crippen LogP contribution in [0.15, 0.2) is 61.3 Å². The minimum atomic E-state index is -0.177. The summed E-state index contributed by atoms with van der Waals surface area (Å²) in [6, 6.07) is 11.3. The Morgan fingerprint density at radius 2 is 1.96 bits per heavy atom. The summed E-state index contributed by atoms with van der Waals surface area (Å²) in [5.74, 6) is 0.379. The maximum Gasteiger partial charge on any atom is 0.256 e. The Labute approximate surface area is 146 Å². The zero-order valence-electron chi connectivity index (χ0n) is 13.8. The molecule has 6 heteroatoms. The minimum absolute atomic E-state index is 0.177. The predicted molar refractivity (Wildman–Crippen MR) is 97.2 cm³/mol. The zero-order chi connectivity index (χ0) is 17.1. The molecule has 1 saturated heterocycles. The van der Waals surface area contributed by atoms with E-state index in [1.165, 1.54) is 12.8 Å². The third-order valence-corrected chi connectivity index (χ3v) is 4.37. The van der Waals surface area contributed by atoms with E-state index in [1.54, 1.807) is 18.6 Å². The Hall–Kier alpha value is -3.15. The third-order valence-electron chi connectivity index (χ3n) is 4.37. The molecule has 3 heterocycles. The minimum Gasteiger partial charge on any atom is -0.370 e. The van der Waals surface area contributed by atoms with Gasteiger partial charge >= 0.3 is 0 Å². The molecule has 0 radical (unpaired) electrons.